The third-order valence-corrected chi connectivity index (χ3v) is 5.82. The van der Waals surface area contributed by atoms with Gasteiger partial charge in [0.05, 0.1) is 6.21 Å². The summed E-state index contributed by atoms with van der Waals surface area (Å²) in [6.45, 7) is 0.424. The summed E-state index contributed by atoms with van der Waals surface area (Å²) < 4.78 is 8.12. The van der Waals surface area contributed by atoms with Crippen molar-refractivity contribution in [1.29, 1.82) is 0 Å². The Labute approximate surface area is 202 Å². The monoisotopic (exact) mass is 584 g/mol. The van der Waals surface area contributed by atoms with E-state index in [0.29, 0.717) is 17.9 Å². The largest absolute Gasteiger partial charge is 0.488 e. The SMILES string of the molecule is O=C(NN=Cc1c(OCc2cccc(Br)c2)ccc2ccccc12)c1cccc(I)c1. The molecule has 0 aromatic heterocycles. The molecule has 1 N–H and O–H groups in total. The molecule has 4 aromatic carbocycles. The second kappa shape index (κ2) is 10.1. The third kappa shape index (κ3) is 5.51. The fraction of sp³-hybridized carbons (Fsp3) is 0.0400. The van der Waals surface area contributed by atoms with Crippen molar-refractivity contribution in [2.45, 2.75) is 6.61 Å². The molecule has 31 heavy (non-hydrogen) atoms. The minimum atomic E-state index is -0.258. The van der Waals surface area contributed by atoms with Crippen molar-refractivity contribution in [3.05, 3.63) is 110 Å². The van der Waals surface area contributed by atoms with Crippen LogP contribution in [0.25, 0.3) is 10.8 Å². The van der Waals surface area contributed by atoms with Crippen molar-refractivity contribution in [1.82, 2.24) is 5.43 Å². The molecule has 4 nitrogen and oxygen atoms in total. The maximum absolute atomic E-state index is 12.4. The number of hydrogen-bond donors (Lipinski definition) is 1. The van der Waals surface area contributed by atoms with E-state index in [1.807, 2.05) is 78.9 Å². The first kappa shape index (κ1) is 21.5. The van der Waals surface area contributed by atoms with Gasteiger partial charge in [0.1, 0.15) is 12.4 Å². The summed E-state index contributed by atoms with van der Waals surface area (Å²) in [5.74, 6) is 0.442. The number of hydrogen-bond acceptors (Lipinski definition) is 3. The minimum absolute atomic E-state index is 0.258. The molecule has 0 atom stereocenters. The summed E-state index contributed by atoms with van der Waals surface area (Å²) in [5.41, 5.74) is 5.05. The van der Waals surface area contributed by atoms with Gasteiger partial charge in [0.25, 0.3) is 5.91 Å². The molecule has 0 saturated carbocycles. The summed E-state index contributed by atoms with van der Waals surface area (Å²) in [4.78, 5) is 12.4. The topological polar surface area (TPSA) is 50.7 Å². The van der Waals surface area contributed by atoms with E-state index >= 15 is 0 Å². The highest BCUT2D eigenvalue weighted by Crippen LogP contribution is 2.27. The van der Waals surface area contributed by atoms with Gasteiger partial charge in [-0.3, -0.25) is 4.79 Å². The fourth-order valence-electron chi connectivity index (χ4n) is 3.17. The van der Waals surface area contributed by atoms with E-state index < -0.39 is 0 Å². The average Bonchev–Trinajstić information content (AvgIpc) is 2.78. The molecule has 0 radical (unpaired) electrons. The van der Waals surface area contributed by atoms with Gasteiger partial charge in [-0.15, -0.1) is 0 Å². The molecule has 0 aliphatic heterocycles. The van der Waals surface area contributed by atoms with Crippen LogP contribution in [0.15, 0.2) is 94.5 Å². The maximum atomic E-state index is 12.4. The lowest BCUT2D eigenvalue weighted by atomic mass is 10.0. The smallest absolute Gasteiger partial charge is 0.271 e. The number of amides is 1. The van der Waals surface area contributed by atoms with Gasteiger partial charge in [-0.25, -0.2) is 5.43 Å². The lowest BCUT2D eigenvalue weighted by Gasteiger charge is -2.12. The standard InChI is InChI=1S/C25H18BrIN2O2/c26-20-8-3-5-17(13-20)16-31-24-12-11-18-6-1-2-10-22(18)23(24)15-28-29-25(30)19-7-4-9-21(27)14-19/h1-15H,16H2,(H,29,30). The summed E-state index contributed by atoms with van der Waals surface area (Å²) in [7, 11) is 0. The first-order chi connectivity index (χ1) is 15.1. The van der Waals surface area contributed by atoms with Crippen LogP contribution in [-0.4, -0.2) is 12.1 Å². The lowest BCUT2D eigenvalue weighted by molar-refractivity contribution is 0.0955. The first-order valence-corrected chi connectivity index (χ1v) is 11.5. The number of fused-ring (bicyclic) bond motifs is 1. The van der Waals surface area contributed by atoms with Crippen molar-refractivity contribution >= 4 is 61.4 Å². The van der Waals surface area contributed by atoms with Crippen molar-refractivity contribution in [2.24, 2.45) is 5.10 Å². The lowest BCUT2D eigenvalue weighted by Crippen LogP contribution is -2.17. The maximum Gasteiger partial charge on any atom is 0.271 e. The summed E-state index contributed by atoms with van der Waals surface area (Å²) in [5, 5.41) is 6.29. The highest BCUT2D eigenvalue weighted by Gasteiger charge is 2.09. The molecule has 6 heteroatoms. The Morgan fingerprint density at radius 2 is 1.84 bits per heavy atom. The van der Waals surface area contributed by atoms with Crippen LogP contribution < -0.4 is 10.2 Å². The van der Waals surface area contributed by atoms with Crippen LogP contribution in [0.4, 0.5) is 0 Å². The Morgan fingerprint density at radius 3 is 2.68 bits per heavy atom. The van der Waals surface area contributed by atoms with E-state index in [-0.39, 0.29) is 5.91 Å². The Kier molecular flexibility index (Phi) is 6.99. The fourth-order valence-corrected chi connectivity index (χ4v) is 4.16. The molecule has 154 valence electrons. The molecule has 0 saturated heterocycles. The van der Waals surface area contributed by atoms with Crippen LogP contribution in [-0.2, 0) is 6.61 Å². The van der Waals surface area contributed by atoms with Gasteiger partial charge in [-0.1, -0.05) is 64.5 Å². The van der Waals surface area contributed by atoms with Gasteiger partial charge < -0.3 is 4.74 Å². The number of carbonyl (C=O) groups excluding carboxylic acids is 1. The number of hydrazone groups is 1. The van der Waals surface area contributed by atoms with Gasteiger partial charge in [0.15, 0.2) is 0 Å². The zero-order valence-corrected chi connectivity index (χ0v) is 20.1. The average molecular weight is 585 g/mol. The minimum Gasteiger partial charge on any atom is -0.488 e. The van der Waals surface area contributed by atoms with E-state index in [0.717, 1.165) is 29.9 Å². The Bertz CT molecular complexity index is 1270. The van der Waals surface area contributed by atoms with Gasteiger partial charge in [0, 0.05) is 19.2 Å². The molecule has 4 aromatic rings. The van der Waals surface area contributed by atoms with Crippen molar-refractivity contribution in [3.63, 3.8) is 0 Å². The van der Waals surface area contributed by atoms with Crippen LogP contribution in [0.2, 0.25) is 0 Å². The molecule has 0 bridgehead atoms. The third-order valence-electron chi connectivity index (χ3n) is 4.66. The molecule has 0 spiro atoms. The molecular weight excluding hydrogens is 567 g/mol. The predicted molar refractivity (Wildman–Crippen MR) is 137 cm³/mol. The van der Waals surface area contributed by atoms with Gasteiger partial charge in [-0.05, 0) is 75.3 Å². The molecule has 0 heterocycles. The second-order valence-corrected chi connectivity index (χ2v) is 8.99. The van der Waals surface area contributed by atoms with E-state index in [1.54, 1.807) is 12.3 Å². The van der Waals surface area contributed by atoms with Crippen LogP contribution in [0.3, 0.4) is 0 Å². The highest BCUT2D eigenvalue weighted by molar-refractivity contribution is 14.1. The number of benzene rings is 4. The van der Waals surface area contributed by atoms with Crippen molar-refractivity contribution in [3.8, 4) is 5.75 Å². The van der Waals surface area contributed by atoms with Crippen LogP contribution >= 0.6 is 38.5 Å². The number of halogens is 2. The molecular formula is C25H18BrIN2O2. The van der Waals surface area contributed by atoms with E-state index in [1.165, 1.54) is 0 Å². The van der Waals surface area contributed by atoms with E-state index in [9.17, 15) is 4.79 Å². The van der Waals surface area contributed by atoms with E-state index in [2.05, 4.69) is 49.0 Å². The van der Waals surface area contributed by atoms with Crippen LogP contribution in [0.1, 0.15) is 21.5 Å². The number of rotatable bonds is 6. The second-order valence-electron chi connectivity index (χ2n) is 6.83. The Hall–Kier alpha value is -2.71. The molecule has 0 aliphatic rings. The van der Waals surface area contributed by atoms with E-state index in [4.69, 9.17) is 4.74 Å². The molecule has 0 aliphatic carbocycles. The zero-order valence-electron chi connectivity index (χ0n) is 16.4. The van der Waals surface area contributed by atoms with Crippen molar-refractivity contribution in [2.75, 3.05) is 0 Å². The number of carbonyl (C=O) groups is 1. The van der Waals surface area contributed by atoms with Gasteiger partial charge >= 0.3 is 0 Å². The summed E-state index contributed by atoms with van der Waals surface area (Å²) >= 11 is 5.67. The molecule has 0 fully saturated rings. The van der Waals surface area contributed by atoms with Crippen molar-refractivity contribution < 1.29 is 9.53 Å². The van der Waals surface area contributed by atoms with Crippen LogP contribution in [0, 0.1) is 3.57 Å². The number of ether oxygens (including phenoxy) is 1. The number of nitrogens with zero attached hydrogens (tertiary/aromatic N) is 1. The van der Waals surface area contributed by atoms with Gasteiger partial charge in [-0.2, -0.15) is 5.10 Å². The van der Waals surface area contributed by atoms with Gasteiger partial charge in [0.2, 0.25) is 0 Å². The Balaban J connectivity index is 1.59. The predicted octanol–water partition coefficient (Wildman–Crippen LogP) is 6.55. The summed E-state index contributed by atoms with van der Waals surface area (Å²) in [6.07, 6.45) is 1.64. The normalized spacial score (nSPS) is 11.0. The zero-order chi connectivity index (χ0) is 21.6. The molecule has 1 amide bonds. The quantitative estimate of drug-likeness (QED) is 0.159. The van der Waals surface area contributed by atoms with Crippen LogP contribution in [0.5, 0.6) is 5.75 Å². The first-order valence-electron chi connectivity index (χ1n) is 9.58. The Morgan fingerprint density at radius 1 is 1.00 bits per heavy atom. The molecule has 0 unspecified atom stereocenters. The summed E-state index contributed by atoms with van der Waals surface area (Å²) in [6, 6.07) is 27.3. The molecule has 4 rings (SSSR count). The highest BCUT2D eigenvalue weighted by atomic mass is 127. The number of nitrogens with one attached hydrogen (secondary N) is 1.